The van der Waals surface area contributed by atoms with E-state index in [4.69, 9.17) is 21.1 Å². The van der Waals surface area contributed by atoms with Crippen molar-refractivity contribution >= 4 is 34.7 Å². The Morgan fingerprint density at radius 2 is 1.77 bits per heavy atom. The highest BCUT2D eigenvalue weighted by Gasteiger charge is 2.47. The van der Waals surface area contributed by atoms with Gasteiger partial charge in [-0.3, -0.25) is 14.5 Å². The zero-order chi connectivity index (χ0) is 25.3. The minimum atomic E-state index is -0.853. The van der Waals surface area contributed by atoms with Crippen molar-refractivity contribution in [2.45, 2.75) is 32.9 Å². The molecule has 0 aromatic heterocycles. The number of carbonyl (C=O) groups excluding carboxylic acids is 2. The molecule has 0 aliphatic carbocycles. The monoisotopic (exact) mass is 491 g/mol. The largest absolute Gasteiger partial charge is 0.507 e. The third kappa shape index (κ3) is 4.75. The van der Waals surface area contributed by atoms with E-state index in [0.29, 0.717) is 33.3 Å². The minimum Gasteiger partial charge on any atom is -0.507 e. The molecule has 6 nitrogen and oxygen atoms in total. The maximum absolute atomic E-state index is 13.3. The summed E-state index contributed by atoms with van der Waals surface area (Å²) in [7, 11) is 1.50. The van der Waals surface area contributed by atoms with Crippen LogP contribution in [0, 0.1) is 6.92 Å². The summed E-state index contributed by atoms with van der Waals surface area (Å²) in [5.74, 6) is -0.815. The molecule has 1 amide bonds. The number of hydrogen-bond donors (Lipinski definition) is 1. The SMILES string of the molecule is COc1ccc(N2C(=O)C(=O)/C(=C(/O)c3cccc(OC(C)C)c3)C2c2cccc(C)c2)cc1Cl. The minimum absolute atomic E-state index is 0.00534. The molecule has 3 aromatic rings. The second kappa shape index (κ2) is 9.84. The predicted octanol–water partition coefficient (Wildman–Crippen LogP) is 6.07. The molecule has 0 radical (unpaired) electrons. The third-order valence-corrected chi connectivity index (χ3v) is 5.99. The maximum atomic E-state index is 13.3. The van der Waals surface area contributed by atoms with E-state index in [-0.39, 0.29) is 17.4 Å². The lowest BCUT2D eigenvalue weighted by Gasteiger charge is -2.26. The molecular formula is C28H26ClNO5. The van der Waals surface area contributed by atoms with Gasteiger partial charge in [-0.05, 0) is 56.7 Å². The second-order valence-electron chi connectivity index (χ2n) is 8.60. The third-order valence-electron chi connectivity index (χ3n) is 5.70. The number of methoxy groups -OCH3 is 1. The summed E-state index contributed by atoms with van der Waals surface area (Å²) < 4.78 is 11.0. The Hall–Kier alpha value is -3.77. The van der Waals surface area contributed by atoms with Crippen LogP contribution < -0.4 is 14.4 Å². The van der Waals surface area contributed by atoms with Gasteiger partial charge in [-0.15, -0.1) is 0 Å². The number of aliphatic hydroxyl groups excluding tert-OH is 1. The summed E-state index contributed by atoms with van der Waals surface area (Å²) >= 11 is 6.34. The molecule has 1 unspecified atom stereocenters. The van der Waals surface area contributed by atoms with Crippen molar-refractivity contribution in [2.24, 2.45) is 0 Å². The second-order valence-corrected chi connectivity index (χ2v) is 9.00. The first-order chi connectivity index (χ1) is 16.7. The van der Waals surface area contributed by atoms with Gasteiger partial charge in [-0.25, -0.2) is 0 Å². The normalized spacial score (nSPS) is 17.2. The smallest absolute Gasteiger partial charge is 0.300 e. The molecule has 0 spiro atoms. The number of hydrogen-bond acceptors (Lipinski definition) is 5. The van der Waals surface area contributed by atoms with E-state index in [0.717, 1.165) is 5.56 Å². The zero-order valence-corrected chi connectivity index (χ0v) is 20.7. The van der Waals surface area contributed by atoms with Crippen molar-refractivity contribution in [3.05, 3.63) is 94.0 Å². The Bertz CT molecular complexity index is 1330. The number of amides is 1. The number of rotatable bonds is 6. The van der Waals surface area contributed by atoms with E-state index in [2.05, 4.69) is 0 Å². The number of aliphatic hydroxyl groups is 1. The van der Waals surface area contributed by atoms with Crippen molar-refractivity contribution in [2.75, 3.05) is 12.0 Å². The fourth-order valence-corrected chi connectivity index (χ4v) is 4.46. The Labute approximate surface area is 209 Å². The molecule has 3 aromatic carbocycles. The Kier molecular flexibility index (Phi) is 6.85. The zero-order valence-electron chi connectivity index (χ0n) is 19.9. The Balaban J connectivity index is 1.91. The van der Waals surface area contributed by atoms with E-state index < -0.39 is 17.7 Å². The average Bonchev–Trinajstić information content (AvgIpc) is 3.09. The molecule has 7 heteroatoms. The van der Waals surface area contributed by atoms with Crippen molar-refractivity contribution in [1.82, 2.24) is 0 Å². The summed E-state index contributed by atoms with van der Waals surface area (Å²) in [5.41, 5.74) is 2.43. The highest BCUT2D eigenvalue weighted by Crippen LogP contribution is 2.44. The quantitative estimate of drug-likeness (QED) is 0.257. The van der Waals surface area contributed by atoms with Gasteiger partial charge >= 0.3 is 0 Å². The van der Waals surface area contributed by atoms with Gasteiger partial charge in [0.2, 0.25) is 0 Å². The first kappa shape index (κ1) is 24.4. The van der Waals surface area contributed by atoms with E-state index in [1.54, 1.807) is 42.5 Å². The van der Waals surface area contributed by atoms with Gasteiger partial charge in [0.25, 0.3) is 11.7 Å². The van der Waals surface area contributed by atoms with Crippen molar-refractivity contribution in [3.63, 3.8) is 0 Å². The molecule has 0 saturated carbocycles. The number of aryl methyl sites for hydroxylation is 1. The van der Waals surface area contributed by atoms with Gasteiger partial charge in [0, 0.05) is 11.3 Å². The van der Waals surface area contributed by atoms with Crippen molar-refractivity contribution < 1.29 is 24.2 Å². The maximum Gasteiger partial charge on any atom is 0.300 e. The van der Waals surface area contributed by atoms with Gasteiger partial charge in [0.05, 0.1) is 29.9 Å². The van der Waals surface area contributed by atoms with E-state index in [9.17, 15) is 14.7 Å². The number of Topliss-reactive ketones (excluding diaryl/α,β-unsaturated/α-hetero) is 1. The molecule has 180 valence electrons. The molecule has 1 aliphatic rings. The van der Waals surface area contributed by atoms with Crippen LogP contribution in [0.2, 0.25) is 5.02 Å². The van der Waals surface area contributed by atoms with Crippen LogP contribution in [-0.2, 0) is 9.59 Å². The number of nitrogens with zero attached hydrogens (tertiary/aromatic N) is 1. The lowest BCUT2D eigenvalue weighted by Crippen LogP contribution is -2.29. The standard InChI is InChI=1S/C28H26ClNO5/c1-16(2)35-21-10-6-9-19(14-21)26(31)24-25(18-8-5-7-17(3)13-18)30(28(33)27(24)32)20-11-12-23(34-4)22(29)15-20/h5-16,25,31H,1-4H3/b26-24+. The highest BCUT2D eigenvalue weighted by molar-refractivity contribution is 6.51. The lowest BCUT2D eigenvalue weighted by atomic mass is 9.94. The first-order valence-electron chi connectivity index (χ1n) is 11.2. The van der Waals surface area contributed by atoms with Gasteiger partial charge in [0.15, 0.2) is 0 Å². The molecular weight excluding hydrogens is 466 g/mol. The van der Waals surface area contributed by atoms with Crippen LogP contribution in [0.25, 0.3) is 5.76 Å². The highest BCUT2D eigenvalue weighted by atomic mass is 35.5. The summed E-state index contributed by atoms with van der Waals surface area (Å²) in [6.07, 6.45) is -0.0647. The number of carbonyl (C=O) groups is 2. The van der Waals surface area contributed by atoms with Crippen LogP contribution in [0.3, 0.4) is 0 Å². The molecule has 1 fully saturated rings. The van der Waals surface area contributed by atoms with Crippen LogP contribution >= 0.6 is 11.6 Å². The van der Waals surface area contributed by atoms with Gasteiger partial charge < -0.3 is 14.6 Å². The van der Waals surface area contributed by atoms with Crippen molar-refractivity contribution in [3.8, 4) is 11.5 Å². The molecule has 35 heavy (non-hydrogen) atoms. The predicted molar refractivity (Wildman–Crippen MR) is 136 cm³/mol. The Morgan fingerprint density at radius 1 is 1.03 bits per heavy atom. The lowest BCUT2D eigenvalue weighted by molar-refractivity contribution is -0.132. The summed E-state index contributed by atoms with van der Waals surface area (Å²) in [4.78, 5) is 28.0. The summed E-state index contributed by atoms with van der Waals surface area (Å²) in [6, 6.07) is 18.3. The number of halogens is 1. The van der Waals surface area contributed by atoms with Crippen LogP contribution in [0.4, 0.5) is 5.69 Å². The van der Waals surface area contributed by atoms with E-state index in [1.165, 1.54) is 12.0 Å². The molecule has 1 atom stereocenters. The molecule has 0 bridgehead atoms. The summed E-state index contributed by atoms with van der Waals surface area (Å²) in [5, 5.41) is 11.6. The fraction of sp³-hybridized carbons (Fsp3) is 0.214. The number of ether oxygens (including phenoxy) is 2. The average molecular weight is 492 g/mol. The molecule has 1 heterocycles. The van der Waals surface area contributed by atoms with Crippen LogP contribution in [0.15, 0.2) is 72.3 Å². The van der Waals surface area contributed by atoms with Gasteiger partial charge in [-0.2, -0.15) is 0 Å². The number of anilines is 1. The topological polar surface area (TPSA) is 76.1 Å². The number of ketones is 1. The fourth-order valence-electron chi connectivity index (χ4n) is 4.20. The van der Waals surface area contributed by atoms with Crippen LogP contribution in [0.5, 0.6) is 11.5 Å². The van der Waals surface area contributed by atoms with E-state index >= 15 is 0 Å². The number of benzene rings is 3. The Morgan fingerprint density at radius 3 is 2.43 bits per heavy atom. The van der Waals surface area contributed by atoms with Gasteiger partial charge in [0.1, 0.15) is 17.3 Å². The van der Waals surface area contributed by atoms with Crippen LogP contribution in [-0.4, -0.2) is 30.0 Å². The molecule has 1 N–H and O–H groups in total. The van der Waals surface area contributed by atoms with Crippen LogP contribution in [0.1, 0.15) is 36.6 Å². The molecule has 4 rings (SSSR count). The van der Waals surface area contributed by atoms with Crippen molar-refractivity contribution in [1.29, 1.82) is 0 Å². The van der Waals surface area contributed by atoms with E-state index in [1.807, 2.05) is 45.0 Å². The molecule has 1 saturated heterocycles. The molecule has 1 aliphatic heterocycles. The van der Waals surface area contributed by atoms with Gasteiger partial charge in [-0.1, -0.05) is 53.6 Å². The summed E-state index contributed by atoms with van der Waals surface area (Å²) in [6.45, 7) is 5.72. The first-order valence-corrected chi connectivity index (χ1v) is 11.6.